The van der Waals surface area contributed by atoms with E-state index in [0.717, 1.165) is 6.33 Å². The number of hydrogen-bond donors (Lipinski definition) is 3. The Morgan fingerprint density at radius 3 is 2.67 bits per heavy atom. The van der Waals surface area contributed by atoms with Gasteiger partial charge in [0.2, 0.25) is 11.6 Å². The summed E-state index contributed by atoms with van der Waals surface area (Å²) in [5.74, 6) is -0.0680. The van der Waals surface area contributed by atoms with Crippen molar-refractivity contribution in [1.82, 2.24) is 15.4 Å². The van der Waals surface area contributed by atoms with Gasteiger partial charge in [-0.2, -0.15) is 0 Å². The molecule has 0 radical (unpaired) electrons. The first-order valence-corrected chi connectivity index (χ1v) is 8.42. The number of nitrogens with zero attached hydrogens (tertiary/aromatic N) is 3. The molecule has 1 aromatic carbocycles. The number of benzene rings is 1. The van der Waals surface area contributed by atoms with Crippen molar-refractivity contribution in [3.8, 4) is 0 Å². The van der Waals surface area contributed by atoms with Crippen LogP contribution < -0.4 is 16.2 Å². The standard InChI is InChI=1S/C16H13BrN6O4/c17-12-6-2-1-5-11(12)16(24)22-21-15-13(23(25)26)14(19-9-20-15)18-8-10-4-3-7-27-10/h1-7,9H,8H2,(H,22,24)(H2,18,19,20,21). The minimum Gasteiger partial charge on any atom is -0.467 e. The minimum absolute atomic E-state index is 0.0101. The molecule has 0 bridgehead atoms. The van der Waals surface area contributed by atoms with Gasteiger partial charge in [-0.1, -0.05) is 12.1 Å². The third kappa shape index (κ3) is 4.39. The molecule has 11 heteroatoms. The number of rotatable bonds is 7. The maximum atomic E-state index is 12.2. The summed E-state index contributed by atoms with van der Waals surface area (Å²) in [6.45, 7) is 0.202. The molecule has 0 aliphatic rings. The normalized spacial score (nSPS) is 10.3. The molecule has 27 heavy (non-hydrogen) atoms. The van der Waals surface area contributed by atoms with Gasteiger partial charge in [0.15, 0.2) is 0 Å². The first kappa shape index (κ1) is 18.3. The number of hydrazine groups is 1. The van der Waals surface area contributed by atoms with Crippen molar-refractivity contribution in [2.75, 3.05) is 10.7 Å². The smallest absolute Gasteiger partial charge is 0.354 e. The SMILES string of the molecule is O=C(NNc1ncnc(NCc2ccco2)c1[N+](=O)[O-])c1ccccc1Br. The molecule has 0 saturated carbocycles. The van der Waals surface area contributed by atoms with Crippen LogP contribution in [0.1, 0.15) is 16.1 Å². The predicted molar refractivity (Wildman–Crippen MR) is 100.0 cm³/mol. The number of furan rings is 1. The van der Waals surface area contributed by atoms with Gasteiger partial charge in [0.1, 0.15) is 12.1 Å². The van der Waals surface area contributed by atoms with E-state index in [1.54, 1.807) is 36.4 Å². The highest BCUT2D eigenvalue weighted by Crippen LogP contribution is 2.28. The molecule has 138 valence electrons. The molecule has 0 fully saturated rings. The average molecular weight is 433 g/mol. The van der Waals surface area contributed by atoms with Crippen LogP contribution in [0.2, 0.25) is 0 Å². The van der Waals surface area contributed by atoms with Gasteiger partial charge in [-0.15, -0.1) is 0 Å². The molecule has 0 saturated heterocycles. The Morgan fingerprint density at radius 1 is 1.19 bits per heavy atom. The molecular formula is C16H13BrN6O4. The Bertz CT molecular complexity index is 963. The molecule has 0 aliphatic heterocycles. The summed E-state index contributed by atoms with van der Waals surface area (Å²) in [5, 5.41) is 14.3. The van der Waals surface area contributed by atoms with Crippen LogP contribution in [0.25, 0.3) is 0 Å². The quantitative estimate of drug-likeness (QED) is 0.382. The van der Waals surface area contributed by atoms with Crippen LogP contribution in [0.3, 0.4) is 0 Å². The number of nitro groups is 1. The second-order valence-electron chi connectivity index (χ2n) is 5.17. The summed E-state index contributed by atoms with van der Waals surface area (Å²) >= 11 is 3.27. The highest BCUT2D eigenvalue weighted by molar-refractivity contribution is 9.10. The first-order chi connectivity index (χ1) is 13.1. The van der Waals surface area contributed by atoms with Crippen LogP contribution in [0.5, 0.6) is 0 Å². The summed E-state index contributed by atoms with van der Waals surface area (Å²) in [4.78, 5) is 30.8. The second kappa shape index (κ2) is 8.27. The Kier molecular flexibility index (Phi) is 5.61. The number of amides is 1. The number of carbonyl (C=O) groups excluding carboxylic acids is 1. The lowest BCUT2D eigenvalue weighted by Gasteiger charge is -2.11. The molecule has 3 rings (SSSR count). The van der Waals surface area contributed by atoms with E-state index in [0.29, 0.717) is 15.8 Å². The van der Waals surface area contributed by atoms with Gasteiger partial charge in [0.05, 0.1) is 23.3 Å². The fourth-order valence-corrected chi connectivity index (χ4v) is 2.65. The predicted octanol–water partition coefficient (Wildman–Crippen LogP) is 3.11. The third-order valence-corrected chi connectivity index (χ3v) is 4.12. The summed E-state index contributed by atoms with van der Waals surface area (Å²) < 4.78 is 5.76. The molecule has 2 aromatic heterocycles. The maximum Gasteiger partial charge on any atom is 0.354 e. The van der Waals surface area contributed by atoms with Gasteiger partial charge in [0, 0.05) is 4.47 Å². The van der Waals surface area contributed by atoms with E-state index in [-0.39, 0.29) is 18.2 Å². The molecule has 0 atom stereocenters. The van der Waals surface area contributed by atoms with Crippen molar-refractivity contribution in [3.63, 3.8) is 0 Å². The topological polar surface area (TPSA) is 135 Å². The van der Waals surface area contributed by atoms with Crippen molar-refractivity contribution in [2.45, 2.75) is 6.54 Å². The van der Waals surface area contributed by atoms with Gasteiger partial charge >= 0.3 is 5.69 Å². The Balaban J connectivity index is 1.76. The van der Waals surface area contributed by atoms with Crippen LogP contribution >= 0.6 is 15.9 Å². The van der Waals surface area contributed by atoms with Gasteiger partial charge in [-0.3, -0.25) is 25.8 Å². The highest BCUT2D eigenvalue weighted by Gasteiger charge is 2.23. The molecule has 1 amide bonds. The maximum absolute atomic E-state index is 12.2. The van der Waals surface area contributed by atoms with Crippen molar-refractivity contribution in [2.24, 2.45) is 0 Å². The molecular weight excluding hydrogens is 420 g/mol. The number of anilines is 2. The van der Waals surface area contributed by atoms with Crippen molar-refractivity contribution >= 4 is 39.2 Å². The van der Waals surface area contributed by atoms with E-state index >= 15 is 0 Å². The summed E-state index contributed by atoms with van der Waals surface area (Å²) in [6.07, 6.45) is 2.64. The van der Waals surface area contributed by atoms with E-state index in [2.05, 4.69) is 42.1 Å². The van der Waals surface area contributed by atoms with Gasteiger partial charge in [-0.05, 0) is 40.2 Å². The molecule has 0 unspecified atom stereocenters. The van der Waals surface area contributed by atoms with Crippen LogP contribution in [-0.4, -0.2) is 20.8 Å². The number of carbonyl (C=O) groups is 1. The van der Waals surface area contributed by atoms with E-state index < -0.39 is 16.5 Å². The molecule has 10 nitrogen and oxygen atoms in total. The molecule has 0 aliphatic carbocycles. The molecule has 3 aromatic rings. The minimum atomic E-state index is -0.641. The van der Waals surface area contributed by atoms with Gasteiger partial charge < -0.3 is 9.73 Å². The summed E-state index contributed by atoms with van der Waals surface area (Å²) in [5.41, 5.74) is 4.82. The Hall–Kier alpha value is -3.47. The zero-order chi connectivity index (χ0) is 19.2. The van der Waals surface area contributed by atoms with E-state index in [1.165, 1.54) is 6.26 Å². The molecule has 2 heterocycles. The van der Waals surface area contributed by atoms with E-state index in [4.69, 9.17) is 4.42 Å². The van der Waals surface area contributed by atoms with Crippen LogP contribution in [0.4, 0.5) is 17.3 Å². The lowest BCUT2D eigenvalue weighted by molar-refractivity contribution is -0.383. The van der Waals surface area contributed by atoms with E-state index in [1.807, 2.05) is 0 Å². The number of aromatic nitrogens is 2. The van der Waals surface area contributed by atoms with Crippen LogP contribution in [0.15, 0.2) is 57.9 Å². The van der Waals surface area contributed by atoms with Crippen molar-refractivity contribution < 1.29 is 14.1 Å². The zero-order valence-electron chi connectivity index (χ0n) is 13.7. The summed E-state index contributed by atoms with van der Waals surface area (Å²) in [7, 11) is 0. The second-order valence-corrected chi connectivity index (χ2v) is 6.02. The number of halogens is 1. The number of nitrogens with one attached hydrogen (secondary N) is 3. The number of hydrogen-bond acceptors (Lipinski definition) is 8. The fraction of sp³-hybridized carbons (Fsp3) is 0.0625. The van der Waals surface area contributed by atoms with Gasteiger partial charge in [0.25, 0.3) is 5.91 Å². The van der Waals surface area contributed by atoms with E-state index in [9.17, 15) is 14.9 Å². The third-order valence-electron chi connectivity index (χ3n) is 3.43. The highest BCUT2D eigenvalue weighted by atomic mass is 79.9. The zero-order valence-corrected chi connectivity index (χ0v) is 15.3. The first-order valence-electron chi connectivity index (χ1n) is 7.63. The largest absolute Gasteiger partial charge is 0.467 e. The molecule has 3 N–H and O–H groups in total. The fourth-order valence-electron chi connectivity index (χ4n) is 2.19. The Labute approximate surface area is 161 Å². The molecule has 0 spiro atoms. The van der Waals surface area contributed by atoms with Crippen molar-refractivity contribution in [1.29, 1.82) is 0 Å². The van der Waals surface area contributed by atoms with Crippen LogP contribution in [-0.2, 0) is 6.54 Å². The van der Waals surface area contributed by atoms with Crippen LogP contribution in [0, 0.1) is 10.1 Å². The van der Waals surface area contributed by atoms with Gasteiger partial charge in [-0.25, -0.2) is 9.97 Å². The average Bonchev–Trinajstić information content (AvgIpc) is 3.18. The Morgan fingerprint density at radius 2 is 1.96 bits per heavy atom. The van der Waals surface area contributed by atoms with Crippen molar-refractivity contribution in [3.05, 3.63) is 74.9 Å². The lowest BCUT2D eigenvalue weighted by atomic mass is 10.2. The lowest BCUT2D eigenvalue weighted by Crippen LogP contribution is -2.30. The monoisotopic (exact) mass is 432 g/mol. The summed E-state index contributed by atoms with van der Waals surface area (Å²) in [6, 6.07) is 10.2.